The van der Waals surface area contributed by atoms with Gasteiger partial charge in [-0.25, -0.2) is 8.78 Å². The molecule has 0 aromatic heterocycles. The number of benzene rings is 1. The molecule has 0 saturated heterocycles. The summed E-state index contributed by atoms with van der Waals surface area (Å²) in [5, 5.41) is 3.39. The van der Waals surface area contributed by atoms with Crippen LogP contribution in [0.1, 0.15) is 33.3 Å². The summed E-state index contributed by atoms with van der Waals surface area (Å²) < 4.78 is 25.9. The van der Waals surface area contributed by atoms with Crippen LogP contribution < -0.4 is 5.32 Å². The fraction of sp³-hybridized carbons (Fsp3) is 0.571. The van der Waals surface area contributed by atoms with E-state index in [1.165, 1.54) is 12.1 Å². The van der Waals surface area contributed by atoms with Gasteiger partial charge in [-0.05, 0) is 36.1 Å². The summed E-state index contributed by atoms with van der Waals surface area (Å²) >= 11 is 0. The van der Waals surface area contributed by atoms with Crippen molar-refractivity contribution in [2.45, 2.75) is 40.2 Å². The van der Waals surface area contributed by atoms with E-state index in [0.717, 1.165) is 12.1 Å². The molecule has 0 aliphatic carbocycles. The van der Waals surface area contributed by atoms with Gasteiger partial charge in [0.2, 0.25) is 0 Å². The zero-order chi connectivity index (χ0) is 13.1. The van der Waals surface area contributed by atoms with Crippen molar-refractivity contribution in [1.82, 2.24) is 5.32 Å². The highest BCUT2D eigenvalue weighted by molar-refractivity contribution is 5.19. The number of nitrogens with one attached hydrogen (secondary N) is 1. The Kier molecular flexibility index (Phi) is 4.63. The van der Waals surface area contributed by atoms with E-state index in [-0.39, 0.29) is 11.5 Å². The Bertz CT molecular complexity index is 369. The van der Waals surface area contributed by atoms with Crippen LogP contribution in [0.2, 0.25) is 0 Å². The third-order valence-electron chi connectivity index (χ3n) is 2.92. The Labute approximate surface area is 102 Å². The van der Waals surface area contributed by atoms with Crippen molar-refractivity contribution in [2.75, 3.05) is 6.54 Å². The first kappa shape index (κ1) is 14.1. The van der Waals surface area contributed by atoms with Gasteiger partial charge < -0.3 is 5.32 Å². The first-order valence-electron chi connectivity index (χ1n) is 6.02. The highest BCUT2D eigenvalue weighted by Gasteiger charge is 2.24. The number of halogens is 2. The van der Waals surface area contributed by atoms with Crippen LogP contribution in [0.3, 0.4) is 0 Å². The van der Waals surface area contributed by atoms with Crippen molar-refractivity contribution in [3.63, 3.8) is 0 Å². The molecule has 0 radical (unpaired) electrons. The predicted molar refractivity (Wildman–Crippen MR) is 67.0 cm³/mol. The molecule has 1 aromatic carbocycles. The van der Waals surface area contributed by atoms with Crippen molar-refractivity contribution in [2.24, 2.45) is 5.41 Å². The van der Waals surface area contributed by atoms with Gasteiger partial charge in [0.1, 0.15) is 0 Å². The molecule has 0 fully saturated rings. The monoisotopic (exact) mass is 241 g/mol. The van der Waals surface area contributed by atoms with Gasteiger partial charge >= 0.3 is 0 Å². The molecule has 0 amide bonds. The van der Waals surface area contributed by atoms with Crippen molar-refractivity contribution < 1.29 is 8.78 Å². The van der Waals surface area contributed by atoms with Crippen LogP contribution in [0, 0.1) is 17.0 Å². The van der Waals surface area contributed by atoms with Gasteiger partial charge in [-0.1, -0.05) is 33.8 Å². The SMILES string of the molecule is CCNC(Cc1ccc(F)c(F)c1)C(C)(C)C. The highest BCUT2D eigenvalue weighted by Crippen LogP contribution is 2.23. The summed E-state index contributed by atoms with van der Waals surface area (Å²) in [5.41, 5.74) is 0.908. The summed E-state index contributed by atoms with van der Waals surface area (Å²) in [6.07, 6.45) is 0.703. The average molecular weight is 241 g/mol. The third-order valence-corrected chi connectivity index (χ3v) is 2.92. The van der Waals surface area contributed by atoms with E-state index in [0.29, 0.717) is 6.42 Å². The van der Waals surface area contributed by atoms with Crippen LogP contribution in [0.15, 0.2) is 18.2 Å². The minimum Gasteiger partial charge on any atom is -0.313 e. The van der Waals surface area contributed by atoms with E-state index in [1.807, 2.05) is 6.92 Å². The molecule has 17 heavy (non-hydrogen) atoms. The maximum atomic E-state index is 13.1. The maximum Gasteiger partial charge on any atom is 0.159 e. The first-order chi connectivity index (χ1) is 7.84. The molecule has 1 unspecified atom stereocenters. The van der Waals surface area contributed by atoms with E-state index in [1.54, 1.807) is 6.07 Å². The van der Waals surface area contributed by atoms with Gasteiger partial charge in [-0.3, -0.25) is 0 Å². The molecule has 96 valence electrons. The summed E-state index contributed by atoms with van der Waals surface area (Å²) in [6, 6.07) is 4.37. The zero-order valence-electron chi connectivity index (χ0n) is 11.0. The molecule has 0 bridgehead atoms. The summed E-state index contributed by atoms with van der Waals surface area (Å²) in [5.74, 6) is -1.56. The Morgan fingerprint density at radius 1 is 1.18 bits per heavy atom. The third kappa shape index (κ3) is 4.08. The molecule has 0 aliphatic heterocycles. The van der Waals surface area contributed by atoms with Crippen LogP contribution in [-0.2, 0) is 6.42 Å². The molecule has 1 aromatic rings. The second-order valence-electron chi connectivity index (χ2n) is 5.43. The molecule has 3 heteroatoms. The molecule has 0 spiro atoms. The molecule has 0 heterocycles. The lowest BCUT2D eigenvalue weighted by atomic mass is 9.83. The van der Waals surface area contributed by atoms with Gasteiger partial charge in [0.15, 0.2) is 11.6 Å². The minimum absolute atomic E-state index is 0.0842. The van der Waals surface area contributed by atoms with Crippen molar-refractivity contribution in [1.29, 1.82) is 0 Å². The van der Waals surface area contributed by atoms with Crippen molar-refractivity contribution in [3.8, 4) is 0 Å². The Balaban J connectivity index is 2.82. The lowest BCUT2D eigenvalue weighted by molar-refractivity contribution is 0.270. The van der Waals surface area contributed by atoms with Crippen molar-refractivity contribution >= 4 is 0 Å². The molecule has 0 saturated carbocycles. The summed E-state index contributed by atoms with van der Waals surface area (Å²) in [6.45, 7) is 9.33. The predicted octanol–water partition coefficient (Wildman–Crippen LogP) is 3.53. The van der Waals surface area contributed by atoms with E-state index >= 15 is 0 Å². The van der Waals surface area contributed by atoms with E-state index in [9.17, 15) is 8.78 Å². The summed E-state index contributed by atoms with van der Waals surface area (Å²) in [4.78, 5) is 0. The molecule has 1 nitrogen and oxygen atoms in total. The Hall–Kier alpha value is -0.960. The normalized spacial score (nSPS) is 13.8. The lowest BCUT2D eigenvalue weighted by Crippen LogP contribution is -2.41. The minimum atomic E-state index is -0.787. The second-order valence-corrected chi connectivity index (χ2v) is 5.43. The molecule has 1 N–H and O–H groups in total. The highest BCUT2D eigenvalue weighted by atomic mass is 19.2. The number of hydrogen-bond donors (Lipinski definition) is 1. The molecule has 0 aliphatic rings. The smallest absolute Gasteiger partial charge is 0.159 e. The fourth-order valence-corrected chi connectivity index (χ4v) is 1.83. The first-order valence-corrected chi connectivity index (χ1v) is 6.02. The fourth-order valence-electron chi connectivity index (χ4n) is 1.83. The Morgan fingerprint density at radius 3 is 2.29 bits per heavy atom. The van der Waals surface area contributed by atoms with Crippen molar-refractivity contribution in [3.05, 3.63) is 35.4 Å². The molecule has 1 atom stereocenters. The average Bonchev–Trinajstić information content (AvgIpc) is 2.21. The van der Waals surface area contributed by atoms with Gasteiger partial charge in [-0.15, -0.1) is 0 Å². The van der Waals surface area contributed by atoms with Crippen LogP contribution in [0.5, 0.6) is 0 Å². The van der Waals surface area contributed by atoms with Gasteiger partial charge in [0.25, 0.3) is 0 Å². The van der Waals surface area contributed by atoms with E-state index < -0.39 is 11.6 Å². The topological polar surface area (TPSA) is 12.0 Å². The second kappa shape index (κ2) is 5.58. The van der Waals surface area contributed by atoms with Gasteiger partial charge in [0, 0.05) is 6.04 Å². The van der Waals surface area contributed by atoms with Gasteiger partial charge in [-0.2, -0.15) is 0 Å². The molecular formula is C14H21F2N. The van der Waals surface area contributed by atoms with E-state index in [4.69, 9.17) is 0 Å². The number of likely N-dealkylation sites (N-methyl/N-ethyl adjacent to an activating group) is 1. The maximum absolute atomic E-state index is 13.1. The number of rotatable bonds is 4. The van der Waals surface area contributed by atoms with Gasteiger partial charge in [0.05, 0.1) is 0 Å². The molecular weight excluding hydrogens is 220 g/mol. The largest absolute Gasteiger partial charge is 0.313 e. The standard InChI is InChI=1S/C14H21F2N/c1-5-17-13(14(2,3)4)9-10-6-7-11(15)12(16)8-10/h6-8,13,17H,5,9H2,1-4H3. The van der Waals surface area contributed by atoms with Crippen LogP contribution in [0.4, 0.5) is 8.78 Å². The lowest BCUT2D eigenvalue weighted by Gasteiger charge is -2.31. The summed E-state index contributed by atoms with van der Waals surface area (Å²) in [7, 11) is 0. The van der Waals surface area contributed by atoms with Crippen LogP contribution >= 0.6 is 0 Å². The van der Waals surface area contributed by atoms with Crippen LogP contribution in [-0.4, -0.2) is 12.6 Å². The zero-order valence-corrected chi connectivity index (χ0v) is 11.0. The van der Waals surface area contributed by atoms with E-state index in [2.05, 4.69) is 26.1 Å². The van der Waals surface area contributed by atoms with Crippen LogP contribution in [0.25, 0.3) is 0 Å². The number of hydrogen-bond acceptors (Lipinski definition) is 1. The quantitative estimate of drug-likeness (QED) is 0.850. The Morgan fingerprint density at radius 2 is 1.82 bits per heavy atom. The molecule has 1 rings (SSSR count).